The molecular formula is C19H18ClN3O2. The molecule has 1 N–H and O–H groups in total. The smallest absolute Gasteiger partial charge is 0.227 e. The Morgan fingerprint density at radius 2 is 1.92 bits per heavy atom. The van der Waals surface area contributed by atoms with Crippen molar-refractivity contribution in [2.24, 2.45) is 0 Å². The van der Waals surface area contributed by atoms with E-state index in [1.807, 2.05) is 43.3 Å². The van der Waals surface area contributed by atoms with Crippen LogP contribution >= 0.6 is 11.6 Å². The Labute approximate surface area is 151 Å². The van der Waals surface area contributed by atoms with Gasteiger partial charge in [0, 0.05) is 30.0 Å². The lowest BCUT2D eigenvalue weighted by Gasteiger charge is -2.04. The molecule has 0 saturated carbocycles. The van der Waals surface area contributed by atoms with E-state index in [1.54, 1.807) is 12.1 Å². The average molecular weight is 356 g/mol. The summed E-state index contributed by atoms with van der Waals surface area (Å²) in [4.78, 5) is 16.3. The number of nitrogens with one attached hydrogen (secondary N) is 1. The molecule has 1 aromatic heterocycles. The van der Waals surface area contributed by atoms with Gasteiger partial charge in [0.05, 0.1) is 0 Å². The lowest BCUT2D eigenvalue weighted by atomic mass is 10.1. The Morgan fingerprint density at radius 1 is 1.16 bits per heavy atom. The van der Waals surface area contributed by atoms with E-state index < -0.39 is 0 Å². The monoisotopic (exact) mass is 355 g/mol. The lowest BCUT2D eigenvalue weighted by molar-refractivity contribution is -0.121. The summed E-state index contributed by atoms with van der Waals surface area (Å²) in [5.74, 6) is 0.945. The number of hydrogen-bond donors (Lipinski definition) is 1. The van der Waals surface area contributed by atoms with Crippen LogP contribution in [0.1, 0.15) is 23.4 Å². The number of halogens is 1. The minimum absolute atomic E-state index is 0.0643. The van der Waals surface area contributed by atoms with E-state index in [9.17, 15) is 4.79 Å². The number of nitrogens with zero attached hydrogens (tertiary/aromatic N) is 2. The Hall–Kier alpha value is -2.66. The van der Waals surface area contributed by atoms with E-state index in [0.29, 0.717) is 36.1 Å². The summed E-state index contributed by atoms with van der Waals surface area (Å²) in [7, 11) is 0. The van der Waals surface area contributed by atoms with Crippen molar-refractivity contribution >= 4 is 17.5 Å². The minimum Gasteiger partial charge on any atom is -0.352 e. The second kappa shape index (κ2) is 7.94. The highest BCUT2D eigenvalue weighted by atomic mass is 35.5. The van der Waals surface area contributed by atoms with Gasteiger partial charge in [0.25, 0.3) is 0 Å². The zero-order valence-corrected chi connectivity index (χ0v) is 14.6. The SMILES string of the molecule is Cc1ccccc1-c1noc(CCC(=O)NCc2ccc(Cl)cc2)n1. The van der Waals surface area contributed by atoms with Crippen molar-refractivity contribution in [1.29, 1.82) is 0 Å². The van der Waals surface area contributed by atoms with Crippen molar-refractivity contribution in [1.82, 2.24) is 15.5 Å². The van der Waals surface area contributed by atoms with E-state index in [2.05, 4.69) is 15.5 Å². The molecule has 2 aromatic carbocycles. The van der Waals surface area contributed by atoms with Gasteiger partial charge in [-0.25, -0.2) is 0 Å². The molecule has 0 saturated heterocycles. The fraction of sp³-hybridized carbons (Fsp3) is 0.211. The van der Waals surface area contributed by atoms with Crippen LogP contribution in [0.4, 0.5) is 0 Å². The summed E-state index contributed by atoms with van der Waals surface area (Å²) in [5, 5.41) is 7.54. The Balaban J connectivity index is 1.51. The summed E-state index contributed by atoms with van der Waals surface area (Å²) in [6.07, 6.45) is 0.703. The maximum Gasteiger partial charge on any atom is 0.227 e. The van der Waals surface area contributed by atoms with Crippen LogP contribution in [0.5, 0.6) is 0 Å². The molecule has 0 aliphatic rings. The van der Waals surface area contributed by atoms with Crippen molar-refractivity contribution < 1.29 is 9.32 Å². The Kier molecular flexibility index (Phi) is 5.46. The van der Waals surface area contributed by atoms with Crippen LogP contribution in [0.2, 0.25) is 5.02 Å². The zero-order valence-electron chi connectivity index (χ0n) is 13.8. The van der Waals surface area contributed by atoms with Crippen molar-refractivity contribution in [3.05, 3.63) is 70.6 Å². The van der Waals surface area contributed by atoms with Crippen molar-refractivity contribution in [2.45, 2.75) is 26.3 Å². The van der Waals surface area contributed by atoms with Crippen LogP contribution in [0, 0.1) is 6.92 Å². The first-order chi connectivity index (χ1) is 12.1. The molecule has 0 aliphatic carbocycles. The number of aromatic nitrogens is 2. The quantitative estimate of drug-likeness (QED) is 0.727. The highest BCUT2D eigenvalue weighted by molar-refractivity contribution is 6.30. The molecule has 0 unspecified atom stereocenters. The van der Waals surface area contributed by atoms with Crippen molar-refractivity contribution in [3.8, 4) is 11.4 Å². The number of rotatable bonds is 6. The van der Waals surface area contributed by atoms with Gasteiger partial charge in [0.1, 0.15) is 0 Å². The van der Waals surface area contributed by atoms with Gasteiger partial charge in [0.15, 0.2) is 0 Å². The third kappa shape index (κ3) is 4.67. The Morgan fingerprint density at radius 3 is 2.68 bits per heavy atom. The van der Waals surface area contributed by atoms with Crippen molar-refractivity contribution in [2.75, 3.05) is 0 Å². The van der Waals surface area contributed by atoms with Crippen LogP contribution in [-0.4, -0.2) is 16.0 Å². The molecular weight excluding hydrogens is 338 g/mol. The standard InChI is InChI=1S/C19H18ClN3O2/c1-13-4-2-3-5-16(13)19-22-18(25-23-19)11-10-17(24)21-12-14-6-8-15(20)9-7-14/h2-9H,10-12H2,1H3,(H,21,24). The molecule has 3 rings (SSSR count). The molecule has 25 heavy (non-hydrogen) atoms. The van der Waals surface area contributed by atoms with E-state index in [-0.39, 0.29) is 5.91 Å². The molecule has 3 aromatic rings. The fourth-order valence-electron chi connectivity index (χ4n) is 2.40. The molecule has 0 fully saturated rings. The summed E-state index contributed by atoms with van der Waals surface area (Å²) in [6, 6.07) is 15.2. The normalized spacial score (nSPS) is 10.6. The summed E-state index contributed by atoms with van der Waals surface area (Å²) in [5.41, 5.74) is 3.01. The zero-order chi connectivity index (χ0) is 17.6. The molecule has 6 heteroatoms. The third-order valence-corrected chi connectivity index (χ3v) is 4.07. The van der Waals surface area contributed by atoms with Crippen LogP contribution in [0.25, 0.3) is 11.4 Å². The predicted octanol–water partition coefficient (Wildman–Crippen LogP) is 3.95. The molecule has 1 heterocycles. The number of carbonyl (C=O) groups excluding carboxylic acids is 1. The van der Waals surface area contributed by atoms with Gasteiger partial charge < -0.3 is 9.84 Å². The highest BCUT2D eigenvalue weighted by Gasteiger charge is 2.12. The van der Waals surface area contributed by atoms with Crippen LogP contribution in [0.3, 0.4) is 0 Å². The first kappa shape index (κ1) is 17.2. The predicted molar refractivity (Wildman–Crippen MR) is 96.1 cm³/mol. The number of aryl methyl sites for hydroxylation is 2. The topological polar surface area (TPSA) is 68.0 Å². The van der Waals surface area contributed by atoms with Crippen LogP contribution in [-0.2, 0) is 17.8 Å². The number of carbonyl (C=O) groups is 1. The van der Waals surface area contributed by atoms with Gasteiger partial charge in [-0.1, -0.05) is 53.2 Å². The van der Waals surface area contributed by atoms with E-state index >= 15 is 0 Å². The maximum atomic E-state index is 12.0. The molecule has 1 amide bonds. The van der Waals surface area contributed by atoms with Crippen LogP contribution in [0.15, 0.2) is 53.1 Å². The molecule has 0 atom stereocenters. The fourth-order valence-corrected chi connectivity index (χ4v) is 2.53. The van der Waals surface area contributed by atoms with Gasteiger partial charge in [0.2, 0.25) is 17.6 Å². The summed E-state index contributed by atoms with van der Waals surface area (Å²) >= 11 is 5.84. The second-order valence-corrected chi connectivity index (χ2v) is 6.17. The van der Waals surface area contributed by atoms with Gasteiger partial charge in [-0.15, -0.1) is 0 Å². The number of amides is 1. The van der Waals surface area contributed by atoms with E-state index in [0.717, 1.165) is 16.7 Å². The summed E-state index contributed by atoms with van der Waals surface area (Å²) in [6.45, 7) is 2.46. The number of hydrogen-bond acceptors (Lipinski definition) is 4. The minimum atomic E-state index is -0.0643. The van der Waals surface area contributed by atoms with E-state index in [4.69, 9.17) is 16.1 Å². The second-order valence-electron chi connectivity index (χ2n) is 5.73. The highest BCUT2D eigenvalue weighted by Crippen LogP contribution is 2.20. The van der Waals surface area contributed by atoms with Crippen molar-refractivity contribution in [3.63, 3.8) is 0 Å². The first-order valence-electron chi connectivity index (χ1n) is 8.01. The lowest BCUT2D eigenvalue weighted by Crippen LogP contribution is -2.23. The largest absolute Gasteiger partial charge is 0.352 e. The maximum absolute atomic E-state index is 12.0. The van der Waals surface area contributed by atoms with Gasteiger partial charge in [-0.3, -0.25) is 4.79 Å². The molecule has 128 valence electrons. The average Bonchev–Trinajstić information content (AvgIpc) is 3.08. The van der Waals surface area contributed by atoms with Gasteiger partial charge in [-0.2, -0.15) is 4.98 Å². The third-order valence-electron chi connectivity index (χ3n) is 3.82. The van der Waals surface area contributed by atoms with E-state index in [1.165, 1.54) is 0 Å². The first-order valence-corrected chi connectivity index (χ1v) is 8.39. The Bertz CT molecular complexity index is 859. The molecule has 0 radical (unpaired) electrons. The molecule has 5 nitrogen and oxygen atoms in total. The summed E-state index contributed by atoms with van der Waals surface area (Å²) < 4.78 is 5.24. The molecule has 0 spiro atoms. The molecule has 0 aliphatic heterocycles. The number of benzene rings is 2. The van der Waals surface area contributed by atoms with Crippen LogP contribution < -0.4 is 5.32 Å². The van der Waals surface area contributed by atoms with Gasteiger partial charge >= 0.3 is 0 Å². The molecule has 0 bridgehead atoms. The van der Waals surface area contributed by atoms with Gasteiger partial charge in [-0.05, 0) is 30.2 Å².